The Labute approximate surface area is 98.3 Å². The van der Waals surface area contributed by atoms with Crippen molar-refractivity contribution in [3.05, 3.63) is 28.2 Å². The number of aromatic nitrogens is 2. The van der Waals surface area contributed by atoms with Gasteiger partial charge in [-0.2, -0.15) is 5.10 Å². The fourth-order valence-corrected chi connectivity index (χ4v) is 1.56. The number of nitrogens with one attached hydrogen (secondary N) is 1. The number of aliphatic hydroxyl groups excluding tert-OH is 1. The topological polar surface area (TPSA) is 84.2 Å². The van der Waals surface area contributed by atoms with E-state index in [-0.39, 0.29) is 23.7 Å². The van der Waals surface area contributed by atoms with Crippen molar-refractivity contribution < 1.29 is 9.90 Å². The van der Waals surface area contributed by atoms with Gasteiger partial charge in [0.05, 0.1) is 6.10 Å². The first-order chi connectivity index (χ1) is 8.08. The number of hydrogen-bond donors (Lipinski definition) is 2. The van der Waals surface area contributed by atoms with Gasteiger partial charge in [-0.25, -0.2) is 4.68 Å². The summed E-state index contributed by atoms with van der Waals surface area (Å²) in [5.41, 5.74) is -0.0883. The van der Waals surface area contributed by atoms with Crippen molar-refractivity contribution in [3.63, 3.8) is 0 Å². The van der Waals surface area contributed by atoms with E-state index in [2.05, 4.69) is 10.4 Å². The summed E-state index contributed by atoms with van der Waals surface area (Å²) in [5, 5.41) is 16.0. The molecule has 0 radical (unpaired) electrons. The van der Waals surface area contributed by atoms with Crippen molar-refractivity contribution in [1.82, 2.24) is 15.1 Å². The molecule has 0 bridgehead atoms. The zero-order valence-electron chi connectivity index (χ0n) is 9.59. The van der Waals surface area contributed by atoms with Gasteiger partial charge in [0.25, 0.3) is 11.5 Å². The highest BCUT2D eigenvalue weighted by Gasteiger charge is 2.29. The number of aryl methyl sites for hydroxylation is 1. The molecule has 6 nitrogen and oxygen atoms in total. The van der Waals surface area contributed by atoms with E-state index >= 15 is 0 Å². The molecule has 1 unspecified atom stereocenters. The van der Waals surface area contributed by atoms with Crippen LogP contribution in [-0.2, 0) is 7.05 Å². The number of carbonyl (C=O) groups is 1. The Morgan fingerprint density at radius 2 is 2.35 bits per heavy atom. The van der Waals surface area contributed by atoms with Crippen LogP contribution in [0, 0.1) is 5.92 Å². The number of nitrogens with zero attached hydrogens (tertiary/aromatic N) is 2. The van der Waals surface area contributed by atoms with Gasteiger partial charge >= 0.3 is 0 Å². The second kappa shape index (κ2) is 4.67. The molecule has 2 N–H and O–H groups in total. The summed E-state index contributed by atoms with van der Waals surface area (Å²) >= 11 is 0. The van der Waals surface area contributed by atoms with Gasteiger partial charge in [0.15, 0.2) is 0 Å². The molecule has 1 aliphatic carbocycles. The molecule has 1 atom stereocenters. The highest BCUT2D eigenvalue weighted by atomic mass is 16.3. The Hall–Kier alpha value is -1.69. The fraction of sp³-hybridized carbons (Fsp3) is 0.545. The number of rotatable bonds is 4. The predicted molar refractivity (Wildman–Crippen MR) is 60.5 cm³/mol. The Balaban J connectivity index is 1.94. The number of carbonyl (C=O) groups excluding carboxylic acids is 1. The minimum absolute atomic E-state index is 0.176. The Bertz CT molecular complexity index is 479. The maximum Gasteiger partial charge on any atom is 0.271 e. The normalized spacial score (nSPS) is 16.6. The predicted octanol–water partition coefficient (Wildman–Crippen LogP) is -0.719. The molecule has 17 heavy (non-hydrogen) atoms. The third kappa shape index (κ3) is 2.91. The quantitative estimate of drug-likeness (QED) is 0.724. The Morgan fingerprint density at radius 3 is 2.94 bits per heavy atom. The van der Waals surface area contributed by atoms with Crippen molar-refractivity contribution in [2.24, 2.45) is 13.0 Å². The van der Waals surface area contributed by atoms with Gasteiger partial charge in [0, 0.05) is 19.7 Å². The SMILES string of the molecule is Cn1nc(C(=O)NCC(O)C2CC2)ccc1=O. The van der Waals surface area contributed by atoms with Crippen LogP contribution in [0.25, 0.3) is 0 Å². The van der Waals surface area contributed by atoms with E-state index in [1.807, 2.05) is 0 Å². The third-order valence-electron chi connectivity index (χ3n) is 2.83. The monoisotopic (exact) mass is 237 g/mol. The third-order valence-corrected chi connectivity index (χ3v) is 2.83. The first kappa shape index (κ1) is 11.8. The van der Waals surface area contributed by atoms with Crippen LogP contribution in [0.4, 0.5) is 0 Å². The molecule has 6 heteroatoms. The molecule has 1 fully saturated rings. The number of aliphatic hydroxyl groups is 1. The largest absolute Gasteiger partial charge is 0.391 e. The lowest BCUT2D eigenvalue weighted by atomic mass is 10.2. The molecule has 1 aromatic heterocycles. The molecular weight excluding hydrogens is 222 g/mol. The van der Waals surface area contributed by atoms with Gasteiger partial charge in [-0.3, -0.25) is 9.59 Å². The minimum Gasteiger partial charge on any atom is -0.391 e. The highest BCUT2D eigenvalue weighted by Crippen LogP contribution is 2.32. The maximum absolute atomic E-state index is 11.7. The van der Waals surface area contributed by atoms with Gasteiger partial charge in [-0.15, -0.1) is 0 Å². The van der Waals surface area contributed by atoms with E-state index in [0.717, 1.165) is 17.5 Å². The smallest absolute Gasteiger partial charge is 0.271 e. The van der Waals surface area contributed by atoms with E-state index in [9.17, 15) is 14.7 Å². The standard InChI is InChI=1S/C11H15N3O3/c1-14-10(16)5-4-8(13-14)11(17)12-6-9(15)7-2-3-7/h4-5,7,9,15H,2-3,6H2,1H3,(H,12,17). The van der Waals surface area contributed by atoms with Crippen LogP contribution in [-0.4, -0.2) is 33.4 Å². The van der Waals surface area contributed by atoms with Crippen molar-refractivity contribution in [3.8, 4) is 0 Å². The minimum atomic E-state index is -0.480. The van der Waals surface area contributed by atoms with Crippen molar-refractivity contribution >= 4 is 5.91 Å². The second-order valence-corrected chi connectivity index (χ2v) is 4.30. The molecule has 1 amide bonds. The van der Waals surface area contributed by atoms with Crippen LogP contribution in [0.15, 0.2) is 16.9 Å². The molecule has 1 heterocycles. The molecule has 92 valence electrons. The summed E-state index contributed by atoms with van der Waals surface area (Å²) < 4.78 is 1.10. The molecule has 0 aliphatic heterocycles. The van der Waals surface area contributed by atoms with E-state index in [1.165, 1.54) is 19.2 Å². The van der Waals surface area contributed by atoms with Gasteiger partial charge in [-0.1, -0.05) is 0 Å². The lowest BCUT2D eigenvalue weighted by molar-refractivity contribution is 0.0894. The molecule has 2 rings (SSSR count). The van der Waals surface area contributed by atoms with Gasteiger partial charge in [-0.05, 0) is 24.8 Å². The molecular formula is C11H15N3O3. The van der Waals surface area contributed by atoms with Crippen LogP contribution < -0.4 is 10.9 Å². The average Bonchev–Trinajstić information content (AvgIpc) is 3.13. The number of amides is 1. The molecule has 0 spiro atoms. The van der Waals surface area contributed by atoms with Crippen molar-refractivity contribution in [2.45, 2.75) is 18.9 Å². The van der Waals surface area contributed by atoms with Gasteiger partial charge in [0.2, 0.25) is 0 Å². The van der Waals surface area contributed by atoms with Crippen LogP contribution in [0.1, 0.15) is 23.3 Å². The first-order valence-electron chi connectivity index (χ1n) is 5.58. The average molecular weight is 237 g/mol. The summed E-state index contributed by atoms with van der Waals surface area (Å²) in [4.78, 5) is 22.7. The van der Waals surface area contributed by atoms with Crippen molar-refractivity contribution in [2.75, 3.05) is 6.54 Å². The summed E-state index contributed by atoms with van der Waals surface area (Å²) in [6.45, 7) is 0.230. The van der Waals surface area contributed by atoms with E-state index in [0.29, 0.717) is 5.92 Å². The maximum atomic E-state index is 11.7. The molecule has 0 aromatic carbocycles. The number of hydrogen-bond acceptors (Lipinski definition) is 4. The summed E-state index contributed by atoms with van der Waals surface area (Å²) in [7, 11) is 1.48. The second-order valence-electron chi connectivity index (χ2n) is 4.30. The van der Waals surface area contributed by atoms with Crippen LogP contribution in [0.3, 0.4) is 0 Å². The lowest BCUT2D eigenvalue weighted by Crippen LogP contribution is -2.34. The van der Waals surface area contributed by atoms with Crippen LogP contribution in [0.2, 0.25) is 0 Å². The summed E-state index contributed by atoms with van der Waals surface area (Å²) in [5.74, 6) is -0.0521. The zero-order chi connectivity index (χ0) is 12.4. The Kier molecular flexibility index (Phi) is 3.23. The van der Waals surface area contributed by atoms with Gasteiger partial charge in [0.1, 0.15) is 5.69 Å². The lowest BCUT2D eigenvalue weighted by Gasteiger charge is -2.10. The fourth-order valence-electron chi connectivity index (χ4n) is 1.56. The summed E-state index contributed by atoms with van der Waals surface area (Å²) in [6, 6.07) is 2.67. The van der Waals surface area contributed by atoms with Crippen molar-refractivity contribution in [1.29, 1.82) is 0 Å². The molecule has 1 aromatic rings. The molecule has 0 saturated heterocycles. The van der Waals surface area contributed by atoms with E-state index in [4.69, 9.17) is 0 Å². The van der Waals surface area contributed by atoms with Crippen LogP contribution in [0.5, 0.6) is 0 Å². The van der Waals surface area contributed by atoms with E-state index < -0.39 is 6.10 Å². The zero-order valence-corrected chi connectivity index (χ0v) is 9.59. The van der Waals surface area contributed by atoms with E-state index in [1.54, 1.807) is 0 Å². The Morgan fingerprint density at radius 1 is 1.65 bits per heavy atom. The summed E-state index contributed by atoms with van der Waals surface area (Å²) in [6.07, 6.45) is 1.57. The van der Waals surface area contributed by atoms with Gasteiger partial charge < -0.3 is 10.4 Å². The first-order valence-corrected chi connectivity index (χ1v) is 5.58. The highest BCUT2D eigenvalue weighted by molar-refractivity contribution is 5.91. The molecule has 1 saturated carbocycles. The molecule has 1 aliphatic rings. The van der Waals surface area contributed by atoms with Crippen LogP contribution >= 0.6 is 0 Å².